The molecule has 0 bridgehead atoms. The lowest BCUT2D eigenvalue weighted by Crippen LogP contribution is -2.57. The molecule has 110 valence electrons. The molecule has 2 aliphatic carbocycles. The number of nitrogens with zero attached hydrogens (tertiary/aromatic N) is 1. The summed E-state index contributed by atoms with van der Waals surface area (Å²) >= 11 is 0. The zero-order valence-corrected chi connectivity index (χ0v) is 12.9. The Balaban J connectivity index is 1.47. The number of piperazine rings is 1. The first-order chi connectivity index (χ1) is 9.26. The van der Waals surface area contributed by atoms with Gasteiger partial charge in [0.1, 0.15) is 0 Å². The van der Waals surface area contributed by atoms with Crippen LogP contribution < -0.4 is 5.32 Å². The largest absolute Gasteiger partial charge is 0.311 e. The molecule has 1 heterocycles. The van der Waals surface area contributed by atoms with Gasteiger partial charge in [0.25, 0.3) is 0 Å². The molecule has 0 aromatic carbocycles. The fraction of sp³-hybridized carbons (Fsp3) is 1.00. The molecule has 0 aromatic heterocycles. The van der Waals surface area contributed by atoms with E-state index in [9.17, 15) is 0 Å². The van der Waals surface area contributed by atoms with Crippen LogP contribution in [0.1, 0.15) is 58.8 Å². The van der Waals surface area contributed by atoms with Crippen LogP contribution in [0.4, 0.5) is 0 Å². The van der Waals surface area contributed by atoms with Crippen LogP contribution in [0.3, 0.4) is 0 Å². The zero-order valence-electron chi connectivity index (χ0n) is 12.9. The van der Waals surface area contributed by atoms with E-state index < -0.39 is 0 Å². The minimum absolute atomic E-state index is 0.749. The molecule has 2 unspecified atom stereocenters. The lowest BCUT2D eigenvalue weighted by Gasteiger charge is -2.42. The van der Waals surface area contributed by atoms with E-state index >= 15 is 0 Å². The van der Waals surface area contributed by atoms with Gasteiger partial charge in [-0.15, -0.1) is 0 Å². The SMILES string of the molecule is CCC1CCC(CN2CC(C3CC3)NCC2C)CC1. The van der Waals surface area contributed by atoms with Gasteiger partial charge in [-0.1, -0.05) is 26.2 Å². The van der Waals surface area contributed by atoms with E-state index in [4.69, 9.17) is 0 Å². The molecule has 2 nitrogen and oxygen atoms in total. The van der Waals surface area contributed by atoms with Crippen molar-refractivity contribution in [2.24, 2.45) is 17.8 Å². The van der Waals surface area contributed by atoms with Crippen molar-refractivity contribution in [3.05, 3.63) is 0 Å². The topological polar surface area (TPSA) is 15.3 Å². The summed E-state index contributed by atoms with van der Waals surface area (Å²) in [5.41, 5.74) is 0. The Labute approximate surface area is 119 Å². The quantitative estimate of drug-likeness (QED) is 0.838. The fourth-order valence-electron chi connectivity index (χ4n) is 4.17. The van der Waals surface area contributed by atoms with Crippen molar-refractivity contribution < 1.29 is 0 Å². The van der Waals surface area contributed by atoms with Crippen LogP contribution in [0.25, 0.3) is 0 Å². The van der Waals surface area contributed by atoms with E-state index in [2.05, 4.69) is 24.1 Å². The molecule has 19 heavy (non-hydrogen) atoms. The number of hydrogen-bond acceptors (Lipinski definition) is 2. The van der Waals surface area contributed by atoms with Crippen LogP contribution >= 0.6 is 0 Å². The van der Waals surface area contributed by atoms with Gasteiger partial charge in [-0.2, -0.15) is 0 Å². The average molecular weight is 264 g/mol. The average Bonchev–Trinajstić information content (AvgIpc) is 3.27. The van der Waals surface area contributed by atoms with Gasteiger partial charge in [0.15, 0.2) is 0 Å². The molecule has 0 spiro atoms. The second-order valence-corrected chi connectivity index (χ2v) is 7.45. The molecule has 0 aromatic rings. The minimum atomic E-state index is 0.749. The molecule has 2 atom stereocenters. The Kier molecular flexibility index (Phi) is 4.48. The van der Waals surface area contributed by atoms with Crippen molar-refractivity contribution in [3.8, 4) is 0 Å². The Morgan fingerprint density at radius 3 is 2.32 bits per heavy atom. The summed E-state index contributed by atoms with van der Waals surface area (Å²) in [7, 11) is 0. The molecule has 1 aliphatic heterocycles. The highest BCUT2D eigenvalue weighted by Crippen LogP contribution is 2.35. The highest BCUT2D eigenvalue weighted by atomic mass is 15.2. The van der Waals surface area contributed by atoms with Crippen LogP contribution in [0.5, 0.6) is 0 Å². The van der Waals surface area contributed by atoms with Crippen LogP contribution in [-0.2, 0) is 0 Å². The van der Waals surface area contributed by atoms with E-state index in [1.165, 1.54) is 64.6 Å². The van der Waals surface area contributed by atoms with E-state index in [-0.39, 0.29) is 0 Å². The van der Waals surface area contributed by atoms with Gasteiger partial charge in [-0.3, -0.25) is 4.90 Å². The van der Waals surface area contributed by atoms with Gasteiger partial charge in [0, 0.05) is 31.7 Å². The second-order valence-electron chi connectivity index (χ2n) is 7.45. The van der Waals surface area contributed by atoms with Crippen molar-refractivity contribution in [2.75, 3.05) is 19.6 Å². The van der Waals surface area contributed by atoms with Gasteiger partial charge in [-0.25, -0.2) is 0 Å². The highest BCUT2D eigenvalue weighted by Gasteiger charge is 2.36. The first-order valence-electron chi connectivity index (χ1n) is 8.73. The standard InChI is InChI=1S/C17H32N2/c1-3-14-4-6-15(7-5-14)11-19-12-17(16-8-9-16)18-10-13(19)2/h13-18H,3-12H2,1-2H3. The third-order valence-electron chi connectivity index (χ3n) is 5.96. The maximum absolute atomic E-state index is 3.77. The van der Waals surface area contributed by atoms with Gasteiger partial charge >= 0.3 is 0 Å². The molecule has 0 radical (unpaired) electrons. The van der Waals surface area contributed by atoms with Crippen molar-refractivity contribution in [1.82, 2.24) is 10.2 Å². The van der Waals surface area contributed by atoms with E-state index in [0.29, 0.717) is 0 Å². The molecular weight excluding hydrogens is 232 g/mol. The number of nitrogens with one attached hydrogen (secondary N) is 1. The molecule has 3 rings (SSSR count). The Morgan fingerprint density at radius 2 is 1.68 bits per heavy atom. The summed E-state index contributed by atoms with van der Waals surface area (Å²) in [5, 5.41) is 3.77. The number of rotatable bonds is 4. The zero-order chi connectivity index (χ0) is 13.2. The highest BCUT2D eigenvalue weighted by molar-refractivity contribution is 4.94. The van der Waals surface area contributed by atoms with Crippen LogP contribution in [-0.4, -0.2) is 36.6 Å². The lowest BCUT2D eigenvalue weighted by molar-refractivity contribution is 0.0964. The molecule has 2 heteroatoms. The monoisotopic (exact) mass is 264 g/mol. The Morgan fingerprint density at radius 1 is 1.00 bits per heavy atom. The predicted molar refractivity (Wildman–Crippen MR) is 81.3 cm³/mol. The van der Waals surface area contributed by atoms with Crippen molar-refractivity contribution in [1.29, 1.82) is 0 Å². The van der Waals surface area contributed by atoms with Gasteiger partial charge < -0.3 is 5.32 Å². The third-order valence-corrected chi connectivity index (χ3v) is 5.96. The van der Waals surface area contributed by atoms with Crippen molar-refractivity contribution in [3.63, 3.8) is 0 Å². The van der Waals surface area contributed by atoms with Crippen molar-refractivity contribution in [2.45, 2.75) is 70.9 Å². The first kappa shape index (κ1) is 13.9. The predicted octanol–water partition coefficient (Wildman–Crippen LogP) is 3.28. The van der Waals surface area contributed by atoms with Crippen molar-refractivity contribution >= 4 is 0 Å². The van der Waals surface area contributed by atoms with Crippen LogP contribution in [0.15, 0.2) is 0 Å². The Bertz CT molecular complexity index is 279. The summed E-state index contributed by atoms with van der Waals surface area (Å²) in [6, 6.07) is 1.56. The van der Waals surface area contributed by atoms with E-state index in [1.807, 2.05) is 0 Å². The van der Waals surface area contributed by atoms with E-state index in [0.717, 1.165) is 29.8 Å². The molecular formula is C17H32N2. The maximum atomic E-state index is 3.77. The molecule has 3 fully saturated rings. The first-order valence-corrected chi connectivity index (χ1v) is 8.73. The summed E-state index contributed by atoms with van der Waals surface area (Å²) in [4.78, 5) is 2.80. The normalized spacial score (nSPS) is 41.4. The second kappa shape index (κ2) is 6.13. The van der Waals surface area contributed by atoms with Gasteiger partial charge in [0.2, 0.25) is 0 Å². The van der Waals surface area contributed by atoms with Crippen LogP contribution in [0, 0.1) is 17.8 Å². The summed E-state index contributed by atoms with van der Waals surface area (Å²) in [5.74, 6) is 3.03. The lowest BCUT2D eigenvalue weighted by atomic mass is 9.80. The maximum Gasteiger partial charge on any atom is 0.0224 e. The molecule has 0 amide bonds. The summed E-state index contributed by atoms with van der Waals surface area (Å²) in [6.07, 6.45) is 10.3. The smallest absolute Gasteiger partial charge is 0.0224 e. The fourth-order valence-corrected chi connectivity index (χ4v) is 4.17. The molecule has 2 saturated carbocycles. The number of hydrogen-bond donors (Lipinski definition) is 1. The third kappa shape index (κ3) is 3.52. The van der Waals surface area contributed by atoms with Crippen LogP contribution in [0.2, 0.25) is 0 Å². The van der Waals surface area contributed by atoms with Gasteiger partial charge in [-0.05, 0) is 50.4 Å². The molecule has 3 aliphatic rings. The molecule has 1 N–H and O–H groups in total. The van der Waals surface area contributed by atoms with E-state index in [1.54, 1.807) is 0 Å². The summed E-state index contributed by atoms with van der Waals surface area (Å²) < 4.78 is 0. The molecule has 1 saturated heterocycles. The Hall–Kier alpha value is -0.0800. The van der Waals surface area contributed by atoms with Gasteiger partial charge in [0.05, 0.1) is 0 Å². The minimum Gasteiger partial charge on any atom is -0.311 e. The summed E-state index contributed by atoms with van der Waals surface area (Å²) in [6.45, 7) is 8.69.